The second-order valence-corrected chi connectivity index (χ2v) is 15.5. The highest BCUT2D eigenvalue weighted by atomic mass is 14.5. The Morgan fingerprint density at radius 1 is 0.500 bits per heavy atom. The minimum atomic E-state index is 0.297. The zero-order valence-electron chi connectivity index (χ0n) is 24.6. The summed E-state index contributed by atoms with van der Waals surface area (Å²) < 4.78 is 0. The maximum atomic E-state index is 2.58. The van der Waals surface area contributed by atoms with E-state index in [2.05, 4.69) is 118 Å². The quantitative estimate of drug-likeness (QED) is 0.328. The summed E-state index contributed by atoms with van der Waals surface area (Å²) in [7, 11) is 0. The molecule has 0 fully saturated rings. The molecule has 0 rings (SSSR count). The van der Waals surface area contributed by atoms with Crippen LogP contribution in [0.25, 0.3) is 0 Å². The van der Waals surface area contributed by atoms with Gasteiger partial charge in [0.15, 0.2) is 0 Å². The molecule has 0 saturated carbocycles. The molecule has 0 N–H and O–H groups in total. The van der Waals surface area contributed by atoms with Crippen molar-refractivity contribution in [2.45, 2.75) is 143 Å². The van der Waals surface area contributed by atoms with Crippen molar-refractivity contribution < 1.29 is 0 Å². The van der Waals surface area contributed by atoms with Crippen LogP contribution in [0, 0.1) is 50.2 Å². The van der Waals surface area contributed by atoms with Crippen LogP contribution in [0.4, 0.5) is 0 Å². The third-order valence-corrected chi connectivity index (χ3v) is 10.4. The minimum Gasteiger partial charge on any atom is -0.0648 e. The van der Waals surface area contributed by atoms with E-state index in [4.69, 9.17) is 0 Å². The van der Waals surface area contributed by atoms with Crippen molar-refractivity contribution in [3.8, 4) is 0 Å². The molecule has 0 heterocycles. The van der Waals surface area contributed by atoms with Gasteiger partial charge in [-0.05, 0) is 75.9 Å². The third-order valence-electron chi connectivity index (χ3n) is 10.4. The molecule has 0 radical (unpaired) electrons. The van der Waals surface area contributed by atoms with Crippen molar-refractivity contribution >= 4 is 0 Å². The van der Waals surface area contributed by atoms with Gasteiger partial charge in [0, 0.05) is 0 Å². The van der Waals surface area contributed by atoms with E-state index in [0.29, 0.717) is 38.4 Å². The van der Waals surface area contributed by atoms with Crippen molar-refractivity contribution in [3.05, 3.63) is 0 Å². The van der Waals surface area contributed by atoms with E-state index in [1.165, 1.54) is 25.7 Å². The maximum absolute atomic E-state index is 2.58. The van der Waals surface area contributed by atoms with Crippen LogP contribution in [0.15, 0.2) is 0 Å². The van der Waals surface area contributed by atoms with Crippen LogP contribution in [0.2, 0.25) is 0 Å². The first-order valence-corrected chi connectivity index (χ1v) is 12.9. The normalized spacial score (nSPS) is 19.9. The molecule has 0 amide bonds. The van der Waals surface area contributed by atoms with Crippen molar-refractivity contribution in [1.82, 2.24) is 0 Å². The molecule has 0 heteroatoms. The smallest absolute Gasteiger partial charge is 0.0251 e. The lowest BCUT2D eigenvalue weighted by Crippen LogP contribution is -2.46. The fourth-order valence-corrected chi connectivity index (χ4v) is 5.89. The number of hydrogen-bond donors (Lipinski definition) is 0. The van der Waals surface area contributed by atoms with Gasteiger partial charge in [-0.15, -0.1) is 0 Å². The van der Waals surface area contributed by atoms with Crippen LogP contribution in [0.3, 0.4) is 0 Å². The van der Waals surface area contributed by atoms with E-state index in [1.54, 1.807) is 0 Å². The largest absolute Gasteiger partial charge is 0.0648 e. The summed E-state index contributed by atoms with van der Waals surface area (Å²) in [6.07, 6.45) is 5.15. The first-order valence-electron chi connectivity index (χ1n) is 12.9. The zero-order chi connectivity index (χ0) is 24.6. The van der Waals surface area contributed by atoms with Crippen molar-refractivity contribution in [3.63, 3.8) is 0 Å². The van der Waals surface area contributed by atoms with Gasteiger partial charge in [-0.3, -0.25) is 0 Å². The minimum absolute atomic E-state index is 0.297. The van der Waals surface area contributed by atoms with Crippen LogP contribution >= 0.6 is 0 Å². The van der Waals surface area contributed by atoms with Gasteiger partial charge in [0.1, 0.15) is 0 Å². The van der Waals surface area contributed by atoms with Gasteiger partial charge >= 0.3 is 0 Å². The van der Waals surface area contributed by atoms with E-state index in [9.17, 15) is 0 Å². The van der Waals surface area contributed by atoms with E-state index in [0.717, 1.165) is 11.8 Å². The zero-order valence-corrected chi connectivity index (χ0v) is 24.6. The van der Waals surface area contributed by atoms with Gasteiger partial charge < -0.3 is 0 Å². The van der Waals surface area contributed by atoms with Gasteiger partial charge in [0.2, 0.25) is 0 Å². The second-order valence-electron chi connectivity index (χ2n) is 15.5. The van der Waals surface area contributed by atoms with Crippen molar-refractivity contribution in [2.75, 3.05) is 0 Å². The molecule has 0 saturated heterocycles. The molecule has 0 aromatic rings. The second kappa shape index (κ2) is 9.47. The number of rotatable bonds is 10. The molecule has 0 aliphatic rings. The highest BCUT2D eigenvalue weighted by Crippen LogP contribution is 2.58. The Balaban J connectivity index is 5.72. The lowest BCUT2D eigenvalue weighted by Gasteiger charge is -2.55. The molecule has 0 aliphatic carbocycles. The Morgan fingerprint density at radius 3 is 1.23 bits per heavy atom. The van der Waals surface area contributed by atoms with Crippen molar-refractivity contribution in [1.29, 1.82) is 0 Å². The van der Waals surface area contributed by atoms with Crippen LogP contribution in [0.5, 0.6) is 0 Å². The van der Waals surface area contributed by atoms with Crippen molar-refractivity contribution in [2.24, 2.45) is 50.2 Å². The molecule has 4 unspecified atom stereocenters. The van der Waals surface area contributed by atoms with Gasteiger partial charge in [0.25, 0.3) is 0 Å². The maximum Gasteiger partial charge on any atom is -0.0251 e. The average molecular weight is 423 g/mol. The molecule has 0 nitrogen and oxygen atoms in total. The molecule has 30 heavy (non-hydrogen) atoms. The van der Waals surface area contributed by atoms with Gasteiger partial charge in [0.05, 0.1) is 0 Å². The fraction of sp³-hybridized carbons (Fsp3) is 1.00. The lowest BCUT2D eigenvalue weighted by atomic mass is 9.50. The predicted molar refractivity (Wildman–Crippen MR) is 140 cm³/mol. The van der Waals surface area contributed by atoms with E-state index in [-0.39, 0.29) is 0 Å². The monoisotopic (exact) mass is 422 g/mol. The summed E-state index contributed by atoms with van der Waals surface area (Å²) >= 11 is 0. The topological polar surface area (TPSA) is 0 Å². The summed E-state index contributed by atoms with van der Waals surface area (Å²) in [4.78, 5) is 0. The molecular formula is C30H62. The Bertz CT molecular complexity index is 519. The molecule has 4 atom stereocenters. The fourth-order valence-electron chi connectivity index (χ4n) is 5.89. The summed E-state index contributed by atoms with van der Waals surface area (Å²) in [5, 5.41) is 0. The average Bonchev–Trinajstić information content (AvgIpc) is 2.49. The van der Waals surface area contributed by atoms with Crippen LogP contribution in [0.1, 0.15) is 143 Å². The SMILES string of the molecule is CCC(C)(C(C)CC(C)(C)C)C(C)(C)CC(C)C(C)(C)C(C)(C)CC(C)C(C)(C)C. The summed E-state index contributed by atoms with van der Waals surface area (Å²) in [6.45, 7) is 42.2. The number of hydrogen-bond acceptors (Lipinski definition) is 0. The summed E-state index contributed by atoms with van der Waals surface area (Å²) in [6, 6.07) is 0. The van der Waals surface area contributed by atoms with Crippen LogP contribution in [-0.4, -0.2) is 0 Å². The van der Waals surface area contributed by atoms with E-state index < -0.39 is 0 Å². The molecule has 182 valence electrons. The predicted octanol–water partition coefficient (Wildman–Crippen LogP) is 10.7. The summed E-state index contributed by atoms with van der Waals surface area (Å²) in [5.41, 5.74) is 2.05. The molecular weight excluding hydrogens is 360 g/mol. The van der Waals surface area contributed by atoms with Gasteiger partial charge in [-0.2, -0.15) is 0 Å². The lowest BCUT2D eigenvalue weighted by molar-refractivity contribution is -0.0528. The Kier molecular flexibility index (Phi) is 9.47. The van der Waals surface area contributed by atoms with Gasteiger partial charge in [-0.25, -0.2) is 0 Å². The highest BCUT2D eigenvalue weighted by molar-refractivity contribution is 4.98. The van der Waals surface area contributed by atoms with E-state index in [1.807, 2.05) is 0 Å². The van der Waals surface area contributed by atoms with Crippen LogP contribution in [-0.2, 0) is 0 Å². The van der Waals surface area contributed by atoms with E-state index >= 15 is 0 Å². The highest BCUT2D eigenvalue weighted by Gasteiger charge is 2.49. The first kappa shape index (κ1) is 30.0. The molecule has 0 spiro atoms. The first-order chi connectivity index (χ1) is 12.9. The molecule has 0 aliphatic heterocycles. The molecule has 0 aromatic heterocycles. The third kappa shape index (κ3) is 7.00. The Hall–Kier alpha value is 0. The Labute approximate surface area is 193 Å². The Morgan fingerprint density at radius 2 is 0.900 bits per heavy atom. The summed E-state index contributed by atoms with van der Waals surface area (Å²) in [5.74, 6) is 2.13. The standard InChI is InChI=1S/C30H62/c1-18-30(17,24(4)19-25(5,6)7)28(13,14)21-23(3)29(15,16)27(11,12)20-22(2)26(8,9)10/h22-24H,18-21H2,1-17H3. The molecule has 0 bridgehead atoms. The van der Waals surface area contributed by atoms with Crippen LogP contribution < -0.4 is 0 Å². The van der Waals surface area contributed by atoms with Gasteiger partial charge in [-0.1, -0.05) is 118 Å². The molecule has 0 aromatic carbocycles.